The number of nitrogens with one attached hydrogen (secondary N) is 1. The minimum Gasteiger partial charge on any atom is -0.351 e. The zero-order valence-corrected chi connectivity index (χ0v) is 13.3. The minimum absolute atomic E-state index is 0.526. The molecule has 1 saturated carbocycles. The summed E-state index contributed by atoms with van der Waals surface area (Å²) < 4.78 is 1.91. The van der Waals surface area contributed by atoms with E-state index in [2.05, 4.69) is 15.4 Å². The number of thiophene rings is 1. The van der Waals surface area contributed by atoms with Gasteiger partial charge in [-0.1, -0.05) is 19.3 Å². The highest BCUT2D eigenvalue weighted by atomic mass is 32.1. The Morgan fingerprint density at radius 2 is 2.05 bits per heavy atom. The Kier molecular flexibility index (Phi) is 2.86. The summed E-state index contributed by atoms with van der Waals surface area (Å²) in [6.45, 7) is 0. The molecule has 0 atom stereocenters. The van der Waals surface area contributed by atoms with Gasteiger partial charge in [0.1, 0.15) is 11.2 Å². The van der Waals surface area contributed by atoms with Crippen molar-refractivity contribution >= 4 is 33.1 Å². The number of nitrogens with zero attached hydrogens (tertiary/aromatic N) is 4. The number of fused-ring (bicyclic) bond motifs is 5. The van der Waals surface area contributed by atoms with Crippen LogP contribution in [0.3, 0.4) is 0 Å². The minimum atomic E-state index is 0.526. The zero-order chi connectivity index (χ0) is 14.5. The number of aryl methyl sites for hydroxylation is 2. The van der Waals surface area contributed by atoms with Crippen molar-refractivity contribution in [2.45, 2.75) is 57.4 Å². The molecule has 0 bridgehead atoms. The summed E-state index contributed by atoms with van der Waals surface area (Å²) in [5.74, 6) is 0.867. The van der Waals surface area contributed by atoms with Crippen molar-refractivity contribution in [3.63, 3.8) is 0 Å². The van der Waals surface area contributed by atoms with Gasteiger partial charge in [-0.3, -0.25) is 0 Å². The number of aromatic nitrogens is 4. The first kappa shape index (κ1) is 12.8. The Morgan fingerprint density at radius 3 is 2.95 bits per heavy atom. The molecule has 0 aliphatic heterocycles. The van der Waals surface area contributed by atoms with Gasteiger partial charge in [-0.25, -0.2) is 9.97 Å². The van der Waals surface area contributed by atoms with E-state index in [9.17, 15) is 0 Å². The van der Waals surface area contributed by atoms with Crippen LogP contribution in [-0.4, -0.2) is 25.6 Å². The molecule has 3 aromatic rings. The molecular formula is C16H19N5S. The highest BCUT2D eigenvalue weighted by Crippen LogP contribution is 2.38. The summed E-state index contributed by atoms with van der Waals surface area (Å²) in [5.41, 5.74) is 2.44. The third kappa shape index (κ3) is 1.86. The van der Waals surface area contributed by atoms with Crippen molar-refractivity contribution in [2.75, 3.05) is 5.32 Å². The summed E-state index contributed by atoms with van der Waals surface area (Å²) in [4.78, 5) is 12.1. The molecule has 2 aliphatic rings. The fourth-order valence-electron chi connectivity index (χ4n) is 3.93. The largest absolute Gasteiger partial charge is 0.351 e. The van der Waals surface area contributed by atoms with E-state index in [1.807, 2.05) is 15.9 Å². The second kappa shape index (κ2) is 4.91. The fourth-order valence-corrected chi connectivity index (χ4v) is 5.19. The van der Waals surface area contributed by atoms with Crippen LogP contribution < -0.4 is 5.32 Å². The summed E-state index contributed by atoms with van der Waals surface area (Å²) in [6.07, 6.45) is 11.7. The van der Waals surface area contributed by atoms with Crippen molar-refractivity contribution in [1.82, 2.24) is 19.6 Å². The Hall–Kier alpha value is -1.69. The van der Waals surface area contributed by atoms with Gasteiger partial charge in [0.2, 0.25) is 5.95 Å². The molecule has 5 nitrogen and oxygen atoms in total. The lowest BCUT2D eigenvalue weighted by atomic mass is 9.96. The van der Waals surface area contributed by atoms with Crippen LogP contribution in [0.1, 0.15) is 49.0 Å². The molecule has 6 heteroatoms. The molecule has 3 heterocycles. The first-order valence-corrected chi connectivity index (χ1v) is 9.12. The predicted octanol–water partition coefficient (Wildman–Crippen LogP) is 3.57. The maximum Gasteiger partial charge on any atom is 0.227 e. The molecule has 3 aromatic heterocycles. The van der Waals surface area contributed by atoms with Crippen LogP contribution in [0.5, 0.6) is 0 Å². The van der Waals surface area contributed by atoms with Gasteiger partial charge in [0.15, 0.2) is 5.65 Å². The van der Waals surface area contributed by atoms with Gasteiger partial charge in [-0.15, -0.1) is 11.3 Å². The Bertz CT molecular complexity index is 843. The first-order chi connectivity index (χ1) is 10.9. The van der Waals surface area contributed by atoms with Crippen molar-refractivity contribution in [1.29, 1.82) is 0 Å². The third-order valence-electron chi connectivity index (χ3n) is 5.02. The SMILES string of the molecule is c1nc2c3c4c(sc3nc(NC3CCCCC3)n2n1)CCC4. The lowest BCUT2D eigenvalue weighted by Gasteiger charge is -2.23. The summed E-state index contributed by atoms with van der Waals surface area (Å²) in [6, 6.07) is 0.526. The highest BCUT2D eigenvalue weighted by Gasteiger charge is 2.23. The van der Waals surface area contributed by atoms with E-state index in [1.54, 1.807) is 6.33 Å². The van der Waals surface area contributed by atoms with E-state index in [4.69, 9.17) is 4.98 Å². The molecule has 0 spiro atoms. The van der Waals surface area contributed by atoms with Gasteiger partial charge >= 0.3 is 0 Å². The van der Waals surface area contributed by atoms with Gasteiger partial charge < -0.3 is 5.32 Å². The van der Waals surface area contributed by atoms with Crippen LogP contribution in [0.2, 0.25) is 0 Å². The van der Waals surface area contributed by atoms with Crippen LogP contribution in [0.4, 0.5) is 5.95 Å². The van der Waals surface area contributed by atoms with Gasteiger partial charge in [0.05, 0.1) is 5.39 Å². The Balaban J connectivity index is 1.66. The van der Waals surface area contributed by atoms with Crippen LogP contribution in [0.25, 0.3) is 15.9 Å². The molecule has 5 rings (SSSR count). The average molecular weight is 313 g/mol. The van der Waals surface area contributed by atoms with E-state index >= 15 is 0 Å². The quantitative estimate of drug-likeness (QED) is 0.786. The summed E-state index contributed by atoms with van der Waals surface area (Å²) >= 11 is 1.85. The zero-order valence-electron chi connectivity index (χ0n) is 12.5. The van der Waals surface area contributed by atoms with Crippen molar-refractivity contribution in [3.05, 3.63) is 16.8 Å². The summed E-state index contributed by atoms with van der Waals surface area (Å²) in [5, 5.41) is 9.29. The van der Waals surface area contributed by atoms with Gasteiger partial charge in [0.25, 0.3) is 0 Å². The van der Waals surface area contributed by atoms with E-state index in [0.717, 1.165) is 22.8 Å². The standard InChI is InChI=1S/C16H19N5S/c1-2-5-10(6-3-1)19-16-20-15-13(14-17-9-18-21(14)16)11-7-4-8-12(11)22-15/h9-10H,1-8H2,(H,19,20). The number of hydrogen-bond donors (Lipinski definition) is 1. The summed E-state index contributed by atoms with van der Waals surface area (Å²) in [7, 11) is 0. The highest BCUT2D eigenvalue weighted by molar-refractivity contribution is 7.19. The van der Waals surface area contributed by atoms with Gasteiger partial charge in [0, 0.05) is 10.9 Å². The lowest BCUT2D eigenvalue weighted by molar-refractivity contribution is 0.460. The molecule has 0 radical (unpaired) electrons. The lowest BCUT2D eigenvalue weighted by Crippen LogP contribution is -2.24. The molecule has 0 unspecified atom stereocenters. The predicted molar refractivity (Wildman–Crippen MR) is 88.7 cm³/mol. The molecular weight excluding hydrogens is 294 g/mol. The second-order valence-corrected chi connectivity index (χ2v) is 7.53. The maximum absolute atomic E-state index is 4.90. The van der Waals surface area contributed by atoms with E-state index in [0.29, 0.717) is 6.04 Å². The van der Waals surface area contributed by atoms with Gasteiger partial charge in [-0.2, -0.15) is 9.61 Å². The first-order valence-electron chi connectivity index (χ1n) is 8.30. The molecule has 0 aromatic carbocycles. The normalized spacial score (nSPS) is 19.1. The Morgan fingerprint density at radius 1 is 1.14 bits per heavy atom. The van der Waals surface area contributed by atoms with Gasteiger partial charge in [-0.05, 0) is 37.7 Å². The van der Waals surface area contributed by atoms with Crippen LogP contribution in [0.15, 0.2) is 6.33 Å². The average Bonchev–Trinajstić information content (AvgIpc) is 3.22. The number of rotatable bonds is 2. The van der Waals surface area contributed by atoms with Crippen LogP contribution in [0, 0.1) is 0 Å². The fraction of sp³-hybridized carbons (Fsp3) is 0.562. The molecule has 0 amide bonds. The van der Waals surface area contributed by atoms with Crippen LogP contribution >= 0.6 is 11.3 Å². The van der Waals surface area contributed by atoms with E-state index in [1.165, 1.54) is 60.8 Å². The molecule has 1 N–H and O–H groups in total. The molecule has 0 saturated heterocycles. The van der Waals surface area contributed by atoms with E-state index in [-0.39, 0.29) is 0 Å². The molecule has 114 valence electrons. The monoisotopic (exact) mass is 313 g/mol. The van der Waals surface area contributed by atoms with E-state index < -0.39 is 0 Å². The second-order valence-electron chi connectivity index (χ2n) is 6.45. The van der Waals surface area contributed by atoms with Crippen LogP contribution in [-0.2, 0) is 12.8 Å². The Labute approximate surface area is 132 Å². The maximum atomic E-state index is 4.90. The molecule has 1 fully saturated rings. The topological polar surface area (TPSA) is 55.1 Å². The van der Waals surface area contributed by atoms with Crippen molar-refractivity contribution in [3.8, 4) is 0 Å². The molecule has 22 heavy (non-hydrogen) atoms. The van der Waals surface area contributed by atoms with Crippen molar-refractivity contribution in [2.24, 2.45) is 0 Å². The smallest absolute Gasteiger partial charge is 0.227 e. The number of hydrogen-bond acceptors (Lipinski definition) is 5. The third-order valence-corrected chi connectivity index (χ3v) is 6.21. The van der Waals surface area contributed by atoms with Crippen molar-refractivity contribution < 1.29 is 0 Å². The number of anilines is 1. The molecule has 2 aliphatic carbocycles.